The van der Waals surface area contributed by atoms with Gasteiger partial charge in [0.05, 0.1) is 14.2 Å². The quantitative estimate of drug-likeness (QED) is 0.797. The number of rotatable bonds is 4. The van der Waals surface area contributed by atoms with Gasteiger partial charge in [0.2, 0.25) is 0 Å². The fourth-order valence-corrected chi connectivity index (χ4v) is 2.03. The Morgan fingerprint density at radius 3 is 2.00 bits per heavy atom. The number of hydrogen-bond acceptors (Lipinski definition) is 3. The first kappa shape index (κ1) is 14.1. The van der Waals surface area contributed by atoms with Crippen LogP contribution in [0.4, 0.5) is 0 Å². The summed E-state index contributed by atoms with van der Waals surface area (Å²) in [6, 6.07) is 10.9. The third-order valence-electron chi connectivity index (χ3n) is 3.41. The molecule has 0 fully saturated rings. The molecule has 20 heavy (non-hydrogen) atoms. The van der Waals surface area contributed by atoms with Crippen molar-refractivity contribution in [1.82, 2.24) is 0 Å². The number of carbonyl (C=O) groups excluding carboxylic acids is 1. The van der Waals surface area contributed by atoms with E-state index in [1.54, 1.807) is 32.4 Å². The molecule has 0 N–H and O–H groups in total. The standard InChI is InChI=1S/C17H18O3/c1-11-5-6-13(9-12(11)2)17(18)14-7-8-15(19-3)16(10-14)20-4/h5-10H,1-4H3. The van der Waals surface area contributed by atoms with Crippen molar-refractivity contribution >= 4 is 5.78 Å². The Bertz CT molecular complexity index is 645. The molecule has 0 aromatic heterocycles. The van der Waals surface area contributed by atoms with Gasteiger partial charge in [-0.25, -0.2) is 0 Å². The summed E-state index contributed by atoms with van der Waals surface area (Å²) in [5.41, 5.74) is 3.55. The van der Waals surface area contributed by atoms with Gasteiger partial charge in [0.1, 0.15) is 0 Å². The van der Waals surface area contributed by atoms with E-state index in [9.17, 15) is 4.79 Å². The molecule has 0 atom stereocenters. The van der Waals surface area contributed by atoms with Gasteiger partial charge in [0, 0.05) is 11.1 Å². The fraction of sp³-hybridized carbons (Fsp3) is 0.235. The molecular formula is C17H18O3. The molecular weight excluding hydrogens is 252 g/mol. The maximum atomic E-state index is 12.5. The van der Waals surface area contributed by atoms with Crippen LogP contribution in [0, 0.1) is 13.8 Å². The Labute approximate surface area is 119 Å². The smallest absolute Gasteiger partial charge is 0.193 e. The van der Waals surface area contributed by atoms with Crippen LogP contribution in [0.15, 0.2) is 36.4 Å². The summed E-state index contributed by atoms with van der Waals surface area (Å²) in [5.74, 6) is 1.15. The third-order valence-corrected chi connectivity index (χ3v) is 3.41. The summed E-state index contributed by atoms with van der Waals surface area (Å²) < 4.78 is 10.4. The van der Waals surface area contributed by atoms with E-state index in [0.29, 0.717) is 22.6 Å². The minimum Gasteiger partial charge on any atom is -0.493 e. The Kier molecular flexibility index (Phi) is 4.08. The highest BCUT2D eigenvalue weighted by atomic mass is 16.5. The van der Waals surface area contributed by atoms with Crippen LogP contribution in [0.2, 0.25) is 0 Å². The summed E-state index contributed by atoms with van der Waals surface area (Å²) in [4.78, 5) is 12.5. The maximum absolute atomic E-state index is 12.5. The van der Waals surface area contributed by atoms with Crippen LogP contribution in [0.25, 0.3) is 0 Å². The van der Waals surface area contributed by atoms with Crippen molar-refractivity contribution in [2.75, 3.05) is 14.2 Å². The molecule has 0 saturated carbocycles. The van der Waals surface area contributed by atoms with Crippen molar-refractivity contribution in [1.29, 1.82) is 0 Å². The lowest BCUT2D eigenvalue weighted by atomic mass is 9.99. The zero-order valence-electron chi connectivity index (χ0n) is 12.2. The first-order valence-electron chi connectivity index (χ1n) is 6.40. The molecule has 2 rings (SSSR count). The summed E-state index contributed by atoms with van der Waals surface area (Å²) in [6.07, 6.45) is 0. The molecule has 0 amide bonds. The Morgan fingerprint density at radius 2 is 1.40 bits per heavy atom. The summed E-state index contributed by atoms with van der Waals surface area (Å²) >= 11 is 0. The number of carbonyl (C=O) groups is 1. The molecule has 0 aliphatic carbocycles. The van der Waals surface area contributed by atoms with Gasteiger partial charge in [-0.05, 0) is 49.2 Å². The Balaban J connectivity index is 2.40. The highest BCUT2D eigenvalue weighted by Gasteiger charge is 2.13. The van der Waals surface area contributed by atoms with E-state index in [0.717, 1.165) is 5.56 Å². The average molecular weight is 270 g/mol. The van der Waals surface area contributed by atoms with Gasteiger partial charge in [-0.1, -0.05) is 12.1 Å². The highest BCUT2D eigenvalue weighted by molar-refractivity contribution is 6.09. The topological polar surface area (TPSA) is 35.5 Å². The predicted molar refractivity (Wildman–Crippen MR) is 78.9 cm³/mol. The molecule has 0 heterocycles. The minimum absolute atomic E-state index is 0.0194. The van der Waals surface area contributed by atoms with Gasteiger partial charge >= 0.3 is 0 Å². The zero-order chi connectivity index (χ0) is 14.7. The lowest BCUT2D eigenvalue weighted by molar-refractivity contribution is 0.103. The lowest BCUT2D eigenvalue weighted by Crippen LogP contribution is -2.03. The molecule has 0 saturated heterocycles. The van der Waals surface area contributed by atoms with Crippen molar-refractivity contribution in [2.45, 2.75) is 13.8 Å². The monoisotopic (exact) mass is 270 g/mol. The van der Waals surface area contributed by atoms with Crippen LogP contribution in [-0.4, -0.2) is 20.0 Å². The van der Waals surface area contributed by atoms with Crippen LogP contribution in [0.3, 0.4) is 0 Å². The van der Waals surface area contributed by atoms with Crippen LogP contribution >= 0.6 is 0 Å². The first-order chi connectivity index (χ1) is 9.56. The number of aryl methyl sites for hydroxylation is 2. The molecule has 0 bridgehead atoms. The van der Waals surface area contributed by atoms with Gasteiger partial charge in [-0.2, -0.15) is 0 Å². The van der Waals surface area contributed by atoms with Crippen LogP contribution in [0.5, 0.6) is 11.5 Å². The molecule has 104 valence electrons. The van der Waals surface area contributed by atoms with Crippen LogP contribution < -0.4 is 9.47 Å². The van der Waals surface area contributed by atoms with E-state index in [1.165, 1.54) is 5.56 Å². The lowest BCUT2D eigenvalue weighted by Gasteiger charge is -2.09. The van der Waals surface area contributed by atoms with Gasteiger partial charge in [0.15, 0.2) is 17.3 Å². The summed E-state index contributed by atoms with van der Waals surface area (Å²) in [5, 5.41) is 0. The second kappa shape index (κ2) is 5.78. The van der Waals surface area contributed by atoms with Gasteiger partial charge in [0.25, 0.3) is 0 Å². The zero-order valence-corrected chi connectivity index (χ0v) is 12.2. The maximum Gasteiger partial charge on any atom is 0.193 e. The normalized spacial score (nSPS) is 10.2. The van der Waals surface area contributed by atoms with Crippen molar-refractivity contribution in [3.63, 3.8) is 0 Å². The Hall–Kier alpha value is -2.29. The van der Waals surface area contributed by atoms with Crippen LogP contribution in [-0.2, 0) is 0 Å². The minimum atomic E-state index is -0.0194. The molecule has 3 nitrogen and oxygen atoms in total. The molecule has 0 spiro atoms. The van der Waals surface area contributed by atoms with Crippen molar-refractivity contribution in [2.24, 2.45) is 0 Å². The summed E-state index contributed by atoms with van der Waals surface area (Å²) in [7, 11) is 3.13. The Morgan fingerprint density at radius 1 is 0.800 bits per heavy atom. The van der Waals surface area contributed by atoms with E-state index in [2.05, 4.69) is 0 Å². The number of methoxy groups -OCH3 is 2. The van der Waals surface area contributed by atoms with E-state index >= 15 is 0 Å². The number of hydrogen-bond donors (Lipinski definition) is 0. The fourth-order valence-electron chi connectivity index (χ4n) is 2.03. The molecule has 0 radical (unpaired) electrons. The van der Waals surface area contributed by atoms with Gasteiger partial charge in [-0.3, -0.25) is 4.79 Å². The van der Waals surface area contributed by atoms with Crippen molar-refractivity contribution in [3.05, 3.63) is 58.7 Å². The first-order valence-corrected chi connectivity index (χ1v) is 6.40. The van der Waals surface area contributed by atoms with E-state index in [4.69, 9.17) is 9.47 Å². The second-order valence-corrected chi connectivity index (χ2v) is 4.70. The number of ketones is 1. The van der Waals surface area contributed by atoms with E-state index in [1.807, 2.05) is 32.0 Å². The third kappa shape index (κ3) is 2.67. The molecule has 0 aliphatic heterocycles. The summed E-state index contributed by atoms with van der Waals surface area (Å²) in [6.45, 7) is 4.03. The number of ether oxygens (including phenoxy) is 2. The average Bonchev–Trinajstić information content (AvgIpc) is 2.48. The molecule has 0 aliphatic rings. The van der Waals surface area contributed by atoms with E-state index in [-0.39, 0.29) is 5.78 Å². The molecule has 2 aromatic carbocycles. The second-order valence-electron chi connectivity index (χ2n) is 4.70. The predicted octanol–water partition coefficient (Wildman–Crippen LogP) is 3.55. The van der Waals surface area contributed by atoms with Gasteiger partial charge in [-0.15, -0.1) is 0 Å². The molecule has 2 aromatic rings. The van der Waals surface area contributed by atoms with Gasteiger partial charge < -0.3 is 9.47 Å². The largest absolute Gasteiger partial charge is 0.493 e. The van der Waals surface area contributed by atoms with E-state index < -0.39 is 0 Å². The van der Waals surface area contributed by atoms with Crippen LogP contribution in [0.1, 0.15) is 27.0 Å². The highest BCUT2D eigenvalue weighted by Crippen LogP contribution is 2.28. The van der Waals surface area contributed by atoms with Crippen molar-refractivity contribution in [3.8, 4) is 11.5 Å². The SMILES string of the molecule is COc1ccc(C(=O)c2ccc(C)c(C)c2)cc1OC. The molecule has 0 unspecified atom stereocenters. The number of benzene rings is 2. The van der Waals surface area contributed by atoms with Crippen molar-refractivity contribution < 1.29 is 14.3 Å². The molecule has 3 heteroatoms.